The Balaban J connectivity index is 1.63. The van der Waals surface area contributed by atoms with Crippen LogP contribution in [0, 0.1) is 0 Å². The summed E-state index contributed by atoms with van der Waals surface area (Å²) in [5.74, 6) is -10.0. The lowest BCUT2D eigenvalue weighted by Gasteiger charge is -2.35. The van der Waals surface area contributed by atoms with E-state index in [2.05, 4.69) is 15.9 Å². The number of ether oxygens (including phenoxy) is 2. The molecular weight excluding hydrogens is 562 g/mol. The molecule has 1 saturated heterocycles. The molecule has 2 aromatic rings. The minimum Gasteiger partial charge on any atom is -0.448 e. The zero-order chi connectivity index (χ0) is 27.3. The topological polar surface area (TPSA) is 72.9 Å². The van der Waals surface area contributed by atoms with Gasteiger partial charge in [0, 0.05) is 27.7 Å². The maximum Gasteiger partial charge on any atom is 0.411 e. The van der Waals surface area contributed by atoms with E-state index in [1.807, 2.05) is 0 Å². The molecule has 0 bridgehead atoms. The van der Waals surface area contributed by atoms with Crippen molar-refractivity contribution in [1.29, 1.82) is 0 Å². The smallest absolute Gasteiger partial charge is 0.411 e. The first kappa shape index (κ1) is 27.1. The zero-order valence-electron chi connectivity index (χ0n) is 20.2. The van der Waals surface area contributed by atoms with Crippen LogP contribution in [0.15, 0.2) is 40.9 Å². The molecule has 1 aliphatic heterocycles. The van der Waals surface area contributed by atoms with Crippen molar-refractivity contribution in [3.63, 3.8) is 0 Å². The summed E-state index contributed by atoms with van der Waals surface area (Å²) < 4.78 is 70.9. The van der Waals surface area contributed by atoms with Crippen LogP contribution in [-0.2, 0) is 30.9 Å². The number of halogens is 5. The Morgan fingerprint density at radius 3 is 2.24 bits per heavy atom. The Hall–Kier alpha value is -2.95. The molecule has 0 spiro atoms. The van der Waals surface area contributed by atoms with Gasteiger partial charge in [0.25, 0.3) is 0 Å². The van der Waals surface area contributed by atoms with Crippen molar-refractivity contribution in [2.45, 2.75) is 63.2 Å². The van der Waals surface area contributed by atoms with Crippen molar-refractivity contribution in [2.24, 2.45) is 0 Å². The van der Waals surface area contributed by atoms with Crippen LogP contribution in [-0.4, -0.2) is 41.4 Å². The van der Waals surface area contributed by atoms with E-state index in [1.165, 1.54) is 29.2 Å². The van der Waals surface area contributed by atoms with E-state index in [1.54, 1.807) is 20.8 Å². The van der Waals surface area contributed by atoms with Gasteiger partial charge in [0.15, 0.2) is 12.4 Å². The monoisotopic (exact) mass is 585 g/mol. The minimum absolute atomic E-state index is 0.0701. The highest BCUT2D eigenvalue weighted by Crippen LogP contribution is 2.58. The molecule has 1 fully saturated rings. The molecule has 0 aromatic heterocycles. The third-order valence-electron chi connectivity index (χ3n) is 6.23. The van der Waals surface area contributed by atoms with Gasteiger partial charge < -0.3 is 9.47 Å². The molecule has 6 nitrogen and oxygen atoms in total. The molecule has 2 atom stereocenters. The van der Waals surface area contributed by atoms with Gasteiger partial charge in [-0.2, -0.15) is 17.6 Å². The minimum atomic E-state index is -4.59. The predicted octanol–water partition coefficient (Wildman–Crippen LogP) is 6.50. The second-order valence-corrected chi connectivity index (χ2v) is 10.9. The van der Waals surface area contributed by atoms with Gasteiger partial charge in [0.2, 0.25) is 0 Å². The number of fused-ring (bicyclic) bond motifs is 3. The van der Waals surface area contributed by atoms with Gasteiger partial charge in [-0.15, -0.1) is 0 Å². The first-order chi connectivity index (χ1) is 17.2. The first-order valence-electron chi connectivity index (χ1n) is 11.5. The molecule has 2 aromatic carbocycles. The second-order valence-electron chi connectivity index (χ2n) is 9.97. The average Bonchev–Trinajstić information content (AvgIpc) is 3.31. The van der Waals surface area contributed by atoms with Crippen LogP contribution in [0.4, 0.5) is 22.4 Å². The number of likely N-dealkylation sites (tertiary alicyclic amines) is 1. The molecule has 1 aliphatic carbocycles. The number of rotatable bonds is 4. The second kappa shape index (κ2) is 9.41. The molecule has 0 N–H and O–H groups in total. The van der Waals surface area contributed by atoms with Crippen LogP contribution in [0.25, 0.3) is 11.1 Å². The lowest BCUT2D eigenvalue weighted by molar-refractivity contribution is -0.225. The molecule has 0 saturated carbocycles. The molecule has 4 rings (SSSR count). The summed E-state index contributed by atoms with van der Waals surface area (Å²) in [5.41, 5.74) is -2.99. The molecule has 1 heterocycles. The number of nitrogens with zero attached hydrogens (tertiary/aromatic N) is 1. The van der Waals surface area contributed by atoms with Gasteiger partial charge in [-0.1, -0.05) is 34.1 Å². The number of aldehydes is 1. The van der Waals surface area contributed by atoms with Crippen LogP contribution in [0.3, 0.4) is 0 Å². The maximum atomic E-state index is 15.1. The molecule has 11 heteroatoms. The number of benzene rings is 2. The molecular formula is C26H24BrF4NO5. The summed E-state index contributed by atoms with van der Waals surface area (Å²) in [6, 6.07) is 5.93. The Bertz CT molecular complexity index is 1260. The number of alkyl halides is 4. The third-order valence-corrected chi connectivity index (χ3v) is 6.73. The summed E-state index contributed by atoms with van der Waals surface area (Å²) in [6.07, 6.45) is -1.41. The van der Waals surface area contributed by atoms with Gasteiger partial charge in [0.1, 0.15) is 11.6 Å². The van der Waals surface area contributed by atoms with Crippen LogP contribution in [0.5, 0.6) is 0 Å². The van der Waals surface area contributed by atoms with Gasteiger partial charge in [-0.05, 0) is 62.9 Å². The maximum absolute atomic E-state index is 15.1. The van der Waals surface area contributed by atoms with Gasteiger partial charge in [0.05, 0.1) is 0 Å². The van der Waals surface area contributed by atoms with Crippen LogP contribution >= 0.6 is 15.9 Å². The fourth-order valence-corrected chi connectivity index (χ4v) is 4.87. The van der Waals surface area contributed by atoms with Crippen molar-refractivity contribution in [2.75, 3.05) is 6.54 Å². The molecule has 198 valence electrons. The van der Waals surface area contributed by atoms with Gasteiger partial charge in [-0.25, -0.2) is 9.59 Å². The average molecular weight is 586 g/mol. The van der Waals surface area contributed by atoms with Crippen molar-refractivity contribution in [1.82, 2.24) is 4.90 Å². The van der Waals surface area contributed by atoms with E-state index in [-0.39, 0.29) is 40.4 Å². The van der Waals surface area contributed by atoms with E-state index >= 15 is 8.78 Å². The number of hydrogen-bond acceptors (Lipinski definition) is 5. The lowest BCUT2D eigenvalue weighted by atomic mass is 9.79. The number of carbonyl (C=O) groups is 3. The molecule has 1 amide bonds. The number of hydrogen-bond donors (Lipinski definition) is 0. The molecule has 2 aliphatic rings. The zero-order valence-corrected chi connectivity index (χ0v) is 21.8. The SMILES string of the molecule is CC(C)(C)OC(=O)N1CCC[C@H]1C(=O)OC(C=O)c1ccc2c(c1)C(F)(F)C(F)(F)c1cc(Br)ccc1-2. The van der Waals surface area contributed by atoms with E-state index in [0.717, 1.165) is 12.1 Å². The van der Waals surface area contributed by atoms with E-state index in [0.29, 0.717) is 6.42 Å². The van der Waals surface area contributed by atoms with Crippen molar-refractivity contribution in [3.05, 3.63) is 57.6 Å². The van der Waals surface area contributed by atoms with E-state index in [4.69, 9.17) is 9.47 Å². The summed E-state index contributed by atoms with van der Waals surface area (Å²) in [7, 11) is 0. The summed E-state index contributed by atoms with van der Waals surface area (Å²) in [5, 5.41) is 0. The van der Waals surface area contributed by atoms with Crippen LogP contribution < -0.4 is 0 Å². The van der Waals surface area contributed by atoms with E-state index < -0.39 is 52.8 Å². The summed E-state index contributed by atoms with van der Waals surface area (Å²) >= 11 is 3.04. The number of carbonyl (C=O) groups excluding carboxylic acids is 3. The quantitative estimate of drug-likeness (QED) is 0.233. The lowest BCUT2D eigenvalue weighted by Crippen LogP contribution is -2.44. The third kappa shape index (κ3) is 4.85. The predicted molar refractivity (Wildman–Crippen MR) is 128 cm³/mol. The standard InChI is InChI=1S/C26H24BrF4NO5/c1-24(2,3)37-23(35)32-10-4-5-20(32)22(34)36-21(13-33)14-6-8-16-17-9-7-15(27)12-19(17)26(30,31)25(28,29)18(16)11-14/h6-9,11-13,20-21H,4-5,10H2,1-3H3/t20-,21?/m0/s1. The molecule has 0 radical (unpaired) electrons. The Labute approximate surface area is 219 Å². The van der Waals surface area contributed by atoms with Crippen LogP contribution in [0.1, 0.15) is 56.4 Å². The molecule has 37 heavy (non-hydrogen) atoms. The highest BCUT2D eigenvalue weighted by Gasteiger charge is 2.62. The van der Waals surface area contributed by atoms with Crippen molar-refractivity contribution in [3.8, 4) is 11.1 Å². The van der Waals surface area contributed by atoms with Crippen LogP contribution in [0.2, 0.25) is 0 Å². The fourth-order valence-electron chi connectivity index (χ4n) is 4.51. The van der Waals surface area contributed by atoms with E-state index in [9.17, 15) is 23.2 Å². The highest BCUT2D eigenvalue weighted by atomic mass is 79.9. The number of esters is 1. The van der Waals surface area contributed by atoms with Gasteiger partial charge in [-0.3, -0.25) is 9.69 Å². The Morgan fingerprint density at radius 2 is 1.65 bits per heavy atom. The largest absolute Gasteiger partial charge is 0.448 e. The van der Waals surface area contributed by atoms with Crippen molar-refractivity contribution >= 4 is 34.3 Å². The fraction of sp³-hybridized carbons (Fsp3) is 0.423. The van der Waals surface area contributed by atoms with Crippen molar-refractivity contribution < 1.29 is 41.4 Å². The Morgan fingerprint density at radius 1 is 1.05 bits per heavy atom. The highest BCUT2D eigenvalue weighted by molar-refractivity contribution is 9.10. The number of amides is 1. The van der Waals surface area contributed by atoms with Gasteiger partial charge >= 0.3 is 23.9 Å². The summed E-state index contributed by atoms with van der Waals surface area (Å²) in [6.45, 7) is 5.24. The normalized spacial score (nSPS) is 20.4. The molecule has 1 unspecified atom stereocenters. The first-order valence-corrected chi connectivity index (χ1v) is 12.3. The Kier molecular flexibility index (Phi) is 6.89. The summed E-state index contributed by atoms with van der Waals surface area (Å²) in [4.78, 5) is 38.4.